The second kappa shape index (κ2) is 9.89. The van der Waals surface area contributed by atoms with Crippen LogP contribution in [0.15, 0.2) is 41.0 Å². The summed E-state index contributed by atoms with van der Waals surface area (Å²) in [5, 5.41) is 4.05. The van der Waals surface area contributed by atoms with Gasteiger partial charge in [-0.25, -0.2) is 18.6 Å². The minimum Gasteiger partial charge on any atom is -0.483 e. The molecule has 192 valence electrons. The van der Waals surface area contributed by atoms with Gasteiger partial charge in [0.15, 0.2) is 6.10 Å². The molecule has 1 N–H and O–H groups in total. The second-order valence-electron chi connectivity index (χ2n) is 9.16. The van der Waals surface area contributed by atoms with Crippen molar-refractivity contribution in [3.05, 3.63) is 48.0 Å². The molecule has 2 fully saturated rings. The van der Waals surface area contributed by atoms with Gasteiger partial charge < -0.3 is 24.3 Å². The minimum absolute atomic E-state index is 0.139. The van der Waals surface area contributed by atoms with Crippen LogP contribution in [0.1, 0.15) is 12.5 Å². The van der Waals surface area contributed by atoms with Crippen molar-refractivity contribution in [1.29, 1.82) is 0 Å². The molecule has 2 saturated heterocycles. The lowest BCUT2D eigenvalue weighted by Crippen LogP contribution is -2.35. The Morgan fingerprint density at radius 3 is 2.64 bits per heavy atom. The van der Waals surface area contributed by atoms with Gasteiger partial charge in [-0.15, -0.1) is 0 Å². The Balaban J connectivity index is 1.44. The van der Waals surface area contributed by atoms with E-state index in [4.69, 9.17) is 18.9 Å². The summed E-state index contributed by atoms with van der Waals surface area (Å²) in [5.41, 5.74) is 2.63. The monoisotopic (exact) mass is 516 g/mol. The Labute approximate surface area is 209 Å². The first kappa shape index (κ1) is 24.8. The van der Waals surface area contributed by atoms with Crippen molar-refractivity contribution in [1.82, 2.24) is 9.97 Å². The maximum atomic E-state index is 14.2. The van der Waals surface area contributed by atoms with E-state index >= 15 is 0 Å². The summed E-state index contributed by atoms with van der Waals surface area (Å²) in [6.07, 6.45) is 3.54. The first-order chi connectivity index (χ1) is 17.2. The van der Waals surface area contributed by atoms with E-state index < -0.39 is 21.7 Å². The molecule has 5 rings (SSSR count). The van der Waals surface area contributed by atoms with Gasteiger partial charge in [-0.3, -0.25) is 0 Å². The second-order valence-corrected chi connectivity index (χ2v) is 11.7. The van der Waals surface area contributed by atoms with E-state index in [1.165, 1.54) is 18.5 Å². The fourth-order valence-corrected chi connectivity index (χ4v) is 5.26. The van der Waals surface area contributed by atoms with Gasteiger partial charge in [-0.1, -0.05) is 0 Å². The van der Waals surface area contributed by atoms with Crippen molar-refractivity contribution >= 4 is 37.8 Å². The number of benzene rings is 2. The maximum Gasteiger partial charge on any atom is 0.151 e. The summed E-state index contributed by atoms with van der Waals surface area (Å²) in [7, 11) is -2.32. The van der Waals surface area contributed by atoms with E-state index in [2.05, 4.69) is 19.6 Å². The summed E-state index contributed by atoms with van der Waals surface area (Å²) in [5.74, 6) is 0.423. The Bertz CT molecular complexity index is 1400. The number of halogens is 1. The molecule has 11 heteroatoms. The summed E-state index contributed by atoms with van der Waals surface area (Å²) < 4.78 is 54.4. The lowest BCUT2D eigenvalue weighted by atomic mass is 10.1. The molecule has 0 saturated carbocycles. The number of hydrogen-bond acceptors (Lipinski definition) is 9. The van der Waals surface area contributed by atoms with Crippen LogP contribution in [0.3, 0.4) is 0 Å². The van der Waals surface area contributed by atoms with Gasteiger partial charge >= 0.3 is 0 Å². The number of nitrogens with one attached hydrogen (secondary N) is 1. The van der Waals surface area contributed by atoms with Crippen LogP contribution in [0.25, 0.3) is 10.9 Å². The molecule has 2 aromatic carbocycles. The molecule has 9 nitrogen and oxygen atoms in total. The molecule has 0 amide bonds. The molecular formula is C25H29FN4O5S. The van der Waals surface area contributed by atoms with Crippen LogP contribution in [0, 0.1) is 12.7 Å². The van der Waals surface area contributed by atoms with E-state index in [9.17, 15) is 8.60 Å². The highest BCUT2D eigenvalue weighted by atomic mass is 32.2. The van der Waals surface area contributed by atoms with Crippen LogP contribution in [0.4, 0.5) is 21.6 Å². The number of ether oxygens (including phenoxy) is 4. The number of anilines is 2. The minimum atomic E-state index is -2.32. The van der Waals surface area contributed by atoms with Gasteiger partial charge in [0.2, 0.25) is 0 Å². The number of nitrogens with zero attached hydrogens (tertiary/aromatic N) is 3. The van der Waals surface area contributed by atoms with Crippen LogP contribution in [-0.2, 0) is 23.9 Å². The number of hydrogen-bond donors (Lipinski definition) is 1. The highest BCUT2D eigenvalue weighted by Crippen LogP contribution is 2.37. The zero-order valence-corrected chi connectivity index (χ0v) is 21.4. The SMILES string of the molecule is CCO[C@@H]1CO[C@H]2[C@@H]1OC[C@H]2Oc1cc(F)ccc1Nc1ncnc2cc(N=S(C)(C)=O)cc(C)c12. The molecule has 1 aromatic heterocycles. The summed E-state index contributed by atoms with van der Waals surface area (Å²) in [4.78, 5) is 8.79. The van der Waals surface area contributed by atoms with Gasteiger partial charge in [0.05, 0.1) is 30.1 Å². The smallest absolute Gasteiger partial charge is 0.151 e. The zero-order valence-electron chi connectivity index (χ0n) is 20.6. The van der Waals surface area contributed by atoms with Crippen molar-refractivity contribution in [3.63, 3.8) is 0 Å². The number of aryl methyl sites for hydroxylation is 1. The Morgan fingerprint density at radius 1 is 1.14 bits per heavy atom. The van der Waals surface area contributed by atoms with Crippen molar-refractivity contribution in [2.24, 2.45) is 4.36 Å². The zero-order chi connectivity index (χ0) is 25.4. The highest BCUT2D eigenvalue weighted by molar-refractivity contribution is 7.92. The van der Waals surface area contributed by atoms with Crippen LogP contribution in [0.5, 0.6) is 5.75 Å². The van der Waals surface area contributed by atoms with Gasteiger partial charge in [0.25, 0.3) is 0 Å². The Morgan fingerprint density at radius 2 is 1.89 bits per heavy atom. The number of aromatic nitrogens is 2. The molecule has 4 atom stereocenters. The summed E-state index contributed by atoms with van der Waals surface area (Å²) in [6.45, 7) is 5.16. The molecule has 36 heavy (non-hydrogen) atoms. The van der Waals surface area contributed by atoms with Crippen LogP contribution < -0.4 is 10.1 Å². The van der Waals surface area contributed by atoms with E-state index in [-0.39, 0.29) is 18.3 Å². The lowest BCUT2D eigenvalue weighted by molar-refractivity contribution is -0.0309. The lowest BCUT2D eigenvalue weighted by Gasteiger charge is -2.21. The Kier molecular flexibility index (Phi) is 6.82. The molecule has 3 aromatic rings. The van der Waals surface area contributed by atoms with Gasteiger partial charge in [-0.2, -0.15) is 4.36 Å². The van der Waals surface area contributed by atoms with Gasteiger partial charge in [0, 0.05) is 40.3 Å². The quantitative estimate of drug-likeness (QED) is 0.500. The Hall–Kier alpha value is -2.86. The molecule has 0 unspecified atom stereocenters. The van der Waals surface area contributed by atoms with Gasteiger partial charge in [-0.05, 0) is 43.7 Å². The standard InChI is InChI=1S/C25H29FN4O5S/c1-5-32-20-11-33-24-21(12-34-23(20)24)35-19-9-15(26)6-7-17(19)29-25-22-14(2)8-16(30-36(3,4)31)10-18(22)27-13-28-25/h6-10,13,20-21,23-24H,5,11-12H2,1-4H3,(H,27,28,29)/t20-,21-,23-,24-/m1/s1. The molecule has 0 bridgehead atoms. The average Bonchev–Trinajstić information content (AvgIpc) is 3.38. The van der Waals surface area contributed by atoms with E-state index in [1.54, 1.807) is 24.6 Å². The van der Waals surface area contributed by atoms with Crippen LogP contribution >= 0.6 is 0 Å². The third kappa shape index (κ3) is 5.15. The average molecular weight is 517 g/mol. The number of fused-ring (bicyclic) bond motifs is 2. The van der Waals surface area contributed by atoms with E-state index in [1.807, 2.05) is 19.9 Å². The van der Waals surface area contributed by atoms with E-state index in [0.717, 1.165) is 10.9 Å². The fourth-order valence-electron chi connectivity index (χ4n) is 4.65. The summed E-state index contributed by atoms with van der Waals surface area (Å²) in [6, 6.07) is 7.90. The predicted molar refractivity (Wildman–Crippen MR) is 135 cm³/mol. The van der Waals surface area contributed by atoms with Crippen LogP contribution in [0.2, 0.25) is 0 Å². The highest BCUT2D eigenvalue weighted by Gasteiger charge is 2.49. The van der Waals surface area contributed by atoms with Crippen molar-refractivity contribution in [2.75, 3.05) is 37.6 Å². The molecule has 0 aliphatic carbocycles. The van der Waals surface area contributed by atoms with Crippen LogP contribution in [-0.4, -0.2) is 70.9 Å². The third-order valence-electron chi connectivity index (χ3n) is 6.06. The molecule has 2 aliphatic heterocycles. The molecule has 0 radical (unpaired) electrons. The first-order valence-electron chi connectivity index (χ1n) is 11.7. The normalized spacial score (nSPS) is 23.6. The topological polar surface area (TPSA) is 104 Å². The molecule has 0 spiro atoms. The van der Waals surface area contributed by atoms with Crippen molar-refractivity contribution < 1.29 is 27.5 Å². The molecular weight excluding hydrogens is 487 g/mol. The third-order valence-corrected chi connectivity index (χ3v) is 6.71. The van der Waals surface area contributed by atoms with Gasteiger partial charge in [0.1, 0.15) is 42.0 Å². The molecule has 3 heterocycles. The maximum absolute atomic E-state index is 14.2. The largest absolute Gasteiger partial charge is 0.483 e. The first-order valence-corrected chi connectivity index (χ1v) is 14.1. The summed E-state index contributed by atoms with van der Waals surface area (Å²) >= 11 is 0. The van der Waals surface area contributed by atoms with Crippen molar-refractivity contribution in [3.8, 4) is 5.75 Å². The van der Waals surface area contributed by atoms with Crippen molar-refractivity contribution in [2.45, 2.75) is 38.3 Å². The number of rotatable bonds is 7. The molecule has 2 aliphatic rings. The fraction of sp³-hybridized carbons (Fsp3) is 0.440. The van der Waals surface area contributed by atoms with E-state index in [0.29, 0.717) is 48.3 Å². The predicted octanol–water partition coefficient (Wildman–Crippen LogP) is 4.13.